The lowest BCUT2D eigenvalue weighted by Gasteiger charge is -2.12. The van der Waals surface area contributed by atoms with E-state index in [0.29, 0.717) is 33.6 Å². The van der Waals surface area contributed by atoms with Gasteiger partial charge in [-0.15, -0.1) is 0 Å². The third kappa shape index (κ3) is 6.53. The van der Waals surface area contributed by atoms with Gasteiger partial charge in [-0.05, 0) is 111 Å². The van der Waals surface area contributed by atoms with E-state index in [1.165, 1.54) is 36.0 Å². The Labute approximate surface area is 249 Å². The molecule has 12 heteroatoms. The molecule has 1 heterocycles. The lowest BCUT2D eigenvalue weighted by atomic mass is 10.2. The van der Waals surface area contributed by atoms with E-state index < -0.39 is 10.9 Å². The number of aliphatic imine (C=N–C) groups is 1. The summed E-state index contributed by atoms with van der Waals surface area (Å²) in [7, 11) is 0. The number of halogens is 2. The van der Waals surface area contributed by atoms with E-state index >= 15 is 0 Å². The molecule has 38 heavy (non-hydrogen) atoms. The first-order valence-electron chi connectivity index (χ1n) is 11.1. The Kier molecular flexibility index (Phi) is 9.04. The van der Waals surface area contributed by atoms with Crippen LogP contribution < -0.4 is 4.74 Å². The van der Waals surface area contributed by atoms with Crippen LogP contribution in [0.5, 0.6) is 5.75 Å². The number of aromatic carboxylic acids is 1. The number of carbonyl (C=O) groups excluding carboxylic acids is 1. The number of hydrogen-bond acceptors (Lipinski definition) is 7. The molecular weight excluding hydrogens is 736 g/mol. The molecule has 9 nitrogen and oxygen atoms in total. The summed E-state index contributed by atoms with van der Waals surface area (Å²) in [6.07, 6.45) is 1.79. The maximum Gasteiger partial charge on any atom is 0.335 e. The number of amidine groups is 1. The molecular formula is C26H19I2N3O6S. The molecule has 0 saturated carbocycles. The lowest BCUT2D eigenvalue weighted by molar-refractivity contribution is -0.384. The van der Waals surface area contributed by atoms with Gasteiger partial charge in [-0.2, -0.15) is 0 Å². The van der Waals surface area contributed by atoms with Crippen LogP contribution in [-0.2, 0) is 11.4 Å². The predicted molar refractivity (Wildman–Crippen MR) is 163 cm³/mol. The maximum atomic E-state index is 13.1. The number of nitro benzene ring substituents is 1. The van der Waals surface area contributed by atoms with Gasteiger partial charge < -0.3 is 9.84 Å². The fraction of sp³-hybridized carbons (Fsp3) is 0.115. The number of hydrogen-bond donors (Lipinski definition) is 1. The zero-order valence-electron chi connectivity index (χ0n) is 19.8. The number of carbonyl (C=O) groups is 2. The molecule has 3 aromatic rings. The van der Waals surface area contributed by atoms with E-state index in [0.717, 1.165) is 12.7 Å². The van der Waals surface area contributed by atoms with E-state index in [1.807, 2.05) is 19.1 Å². The third-order valence-electron chi connectivity index (χ3n) is 5.35. The van der Waals surface area contributed by atoms with E-state index in [9.17, 15) is 24.8 Å². The molecule has 1 amide bonds. The van der Waals surface area contributed by atoms with Crippen molar-refractivity contribution < 1.29 is 24.4 Å². The van der Waals surface area contributed by atoms with Crippen molar-refractivity contribution in [3.8, 4) is 5.75 Å². The Bertz CT molecular complexity index is 1480. The average molecular weight is 755 g/mol. The highest BCUT2D eigenvalue weighted by molar-refractivity contribution is 14.1. The zero-order chi connectivity index (χ0) is 27.4. The second kappa shape index (κ2) is 12.3. The van der Waals surface area contributed by atoms with E-state index in [-0.39, 0.29) is 23.8 Å². The van der Waals surface area contributed by atoms with Gasteiger partial charge in [-0.25, -0.2) is 9.79 Å². The molecule has 0 atom stereocenters. The number of likely N-dealkylation sites (N-methyl/N-ethyl adjacent to an activating group) is 1. The van der Waals surface area contributed by atoms with Crippen LogP contribution in [0.15, 0.2) is 70.6 Å². The molecule has 0 radical (unpaired) electrons. The molecule has 0 bridgehead atoms. The summed E-state index contributed by atoms with van der Waals surface area (Å²) >= 11 is 5.55. The van der Waals surface area contributed by atoms with E-state index in [4.69, 9.17) is 4.74 Å². The molecule has 194 valence electrons. The zero-order valence-corrected chi connectivity index (χ0v) is 24.9. The Hall–Kier alpha value is -2.98. The quantitative estimate of drug-likeness (QED) is 0.118. The van der Waals surface area contributed by atoms with Gasteiger partial charge in [-0.1, -0.05) is 18.2 Å². The predicted octanol–water partition coefficient (Wildman–Crippen LogP) is 6.71. The summed E-state index contributed by atoms with van der Waals surface area (Å²) in [5, 5.41) is 20.7. The fourth-order valence-corrected chi connectivity index (χ4v) is 6.75. The van der Waals surface area contributed by atoms with Crippen molar-refractivity contribution in [1.29, 1.82) is 0 Å². The molecule has 1 N–H and O–H groups in total. The van der Waals surface area contributed by atoms with Crippen molar-refractivity contribution in [3.63, 3.8) is 0 Å². The number of nitro groups is 1. The van der Waals surface area contributed by atoms with Crippen LogP contribution in [0.2, 0.25) is 0 Å². The number of ether oxygens (including phenoxy) is 1. The number of non-ortho nitro benzene ring substituents is 1. The van der Waals surface area contributed by atoms with Crippen molar-refractivity contribution in [2.75, 3.05) is 6.54 Å². The van der Waals surface area contributed by atoms with Gasteiger partial charge in [0.25, 0.3) is 11.6 Å². The SMILES string of the molecule is CCN1C(=O)/C(=C/c2cc(I)c(OCc3cccc([N+](=O)[O-])c3)c(I)c2)SC1=Nc1cccc(C(=O)O)c1. The minimum atomic E-state index is -1.04. The van der Waals surface area contributed by atoms with Crippen LogP contribution in [0.25, 0.3) is 6.08 Å². The average Bonchev–Trinajstić information content (AvgIpc) is 3.17. The summed E-state index contributed by atoms with van der Waals surface area (Å²) in [6, 6.07) is 16.4. The molecule has 4 rings (SSSR count). The Morgan fingerprint density at radius 2 is 1.87 bits per heavy atom. The minimum Gasteiger partial charge on any atom is -0.487 e. The van der Waals surface area contributed by atoms with Crippen LogP contribution in [0.3, 0.4) is 0 Å². The summed E-state index contributed by atoms with van der Waals surface area (Å²) < 4.78 is 7.63. The molecule has 0 unspecified atom stereocenters. The third-order valence-corrected chi connectivity index (χ3v) is 7.95. The van der Waals surface area contributed by atoms with Crippen molar-refractivity contribution >= 4 is 91.4 Å². The van der Waals surface area contributed by atoms with Gasteiger partial charge in [0, 0.05) is 18.7 Å². The van der Waals surface area contributed by atoms with Gasteiger partial charge in [0.2, 0.25) is 0 Å². The Morgan fingerprint density at radius 3 is 2.53 bits per heavy atom. The summed E-state index contributed by atoms with van der Waals surface area (Å²) in [5.41, 5.74) is 2.08. The monoisotopic (exact) mass is 755 g/mol. The largest absolute Gasteiger partial charge is 0.487 e. The van der Waals surface area contributed by atoms with Crippen LogP contribution in [0, 0.1) is 17.3 Å². The molecule has 1 aliphatic heterocycles. The first-order valence-corrected chi connectivity index (χ1v) is 14.1. The first kappa shape index (κ1) is 28.0. The fourth-order valence-electron chi connectivity index (χ4n) is 3.56. The van der Waals surface area contributed by atoms with Crippen molar-refractivity contribution in [2.24, 2.45) is 4.99 Å². The highest BCUT2D eigenvalue weighted by atomic mass is 127. The number of rotatable bonds is 8. The van der Waals surface area contributed by atoms with Crippen molar-refractivity contribution in [3.05, 3.63) is 99.5 Å². The molecule has 1 fully saturated rings. The number of amides is 1. The topological polar surface area (TPSA) is 122 Å². The minimum absolute atomic E-state index is 0.00909. The number of thioether (sulfide) groups is 1. The van der Waals surface area contributed by atoms with Gasteiger partial charge in [-0.3, -0.25) is 19.8 Å². The van der Waals surface area contributed by atoms with Crippen molar-refractivity contribution in [2.45, 2.75) is 13.5 Å². The van der Waals surface area contributed by atoms with Crippen LogP contribution >= 0.6 is 56.9 Å². The number of nitrogens with zero attached hydrogens (tertiary/aromatic N) is 3. The highest BCUT2D eigenvalue weighted by Crippen LogP contribution is 2.36. The lowest BCUT2D eigenvalue weighted by Crippen LogP contribution is -2.28. The summed E-state index contributed by atoms with van der Waals surface area (Å²) in [4.78, 5) is 41.5. The van der Waals surface area contributed by atoms with Crippen LogP contribution in [0.1, 0.15) is 28.4 Å². The Morgan fingerprint density at radius 1 is 1.16 bits per heavy atom. The van der Waals surface area contributed by atoms with Crippen LogP contribution in [-0.4, -0.2) is 38.5 Å². The molecule has 1 aliphatic rings. The van der Waals surface area contributed by atoms with Gasteiger partial charge in [0.1, 0.15) is 12.4 Å². The van der Waals surface area contributed by atoms with Crippen LogP contribution in [0.4, 0.5) is 11.4 Å². The summed E-state index contributed by atoms with van der Waals surface area (Å²) in [6.45, 7) is 2.45. The van der Waals surface area contributed by atoms with E-state index in [1.54, 1.807) is 35.2 Å². The van der Waals surface area contributed by atoms with E-state index in [2.05, 4.69) is 50.2 Å². The highest BCUT2D eigenvalue weighted by Gasteiger charge is 2.32. The molecule has 0 aliphatic carbocycles. The number of carboxylic acids is 1. The smallest absolute Gasteiger partial charge is 0.335 e. The summed E-state index contributed by atoms with van der Waals surface area (Å²) in [5.74, 6) is -0.570. The van der Waals surface area contributed by atoms with Gasteiger partial charge >= 0.3 is 5.97 Å². The normalized spacial score (nSPS) is 15.3. The number of carboxylic acid groups (broad SMARTS) is 1. The Balaban J connectivity index is 1.55. The second-order valence-electron chi connectivity index (χ2n) is 7.94. The molecule has 0 spiro atoms. The maximum absolute atomic E-state index is 13.1. The number of benzene rings is 3. The standard InChI is InChI=1S/C26H19I2N3O6S/c1-2-30-24(32)22(38-26(30)29-18-7-4-6-17(13-18)25(33)34)12-16-10-20(27)23(21(28)11-16)37-14-15-5-3-8-19(9-15)31(35)36/h3-13H,2,14H2,1H3,(H,33,34)/b22-12-,29-26?. The molecule has 0 aromatic heterocycles. The molecule has 3 aromatic carbocycles. The van der Waals surface area contributed by atoms with Gasteiger partial charge in [0.15, 0.2) is 5.17 Å². The van der Waals surface area contributed by atoms with Crippen molar-refractivity contribution in [1.82, 2.24) is 4.90 Å². The second-order valence-corrected chi connectivity index (χ2v) is 11.3. The van der Waals surface area contributed by atoms with Gasteiger partial charge in [0.05, 0.1) is 28.2 Å². The molecule has 1 saturated heterocycles. The first-order chi connectivity index (χ1) is 18.2.